The van der Waals surface area contributed by atoms with E-state index in [-0.39, 0.29) is 47.7 Å². The summed E-state index contributed by atoms with van der Waals surface area (Å²) in [4.78, 5) is 21.2. The molecule has 2 saturated heterocycles. The molecule has 272 valence electrons. The molecule has 19 nitrogen and oxygen atoms in total. The van der Waals surface area contributed by atoms with Gasteiger partial charge in [-0.25, -0.2) is 23.8 Å². The summed E-state index contributed by atoms with van der Waals surface area (Å²) in [5.74, 6) is 0.155. The van der Waals surface area contributed by atoms with Crippen LogP contribution in [0.15, 0.2) is 36.9 Å². The number of fused-ring (bicyclic) bond motifs is 2. The van der Waals surface area contributed by atoms with Gasteiger partial charge in [0, 0.05) is 12.8 Å². The molecular weight excluding hydrogens is 680 g/mol. The van der Waals surface area contributed by atoms with Gasteiger partial charge in [-0.3, -0.25) is 0 Å². The van der Waals surface area contributed by atoms with Crippen LogP contribution in [0.2, 0.25) is 0 Å². The number of nitriles is 2. The number of aliphatic hydroxyl groups is 4. The van der Waals surface area contributed by atoms with Crippen molar-refractivity contribution in [2.75, 3.05) is 11.5 Å². The molecule has 2 aliphatic heterocycles. The summed E-state index contributed by atoms with van der Waals surface area (Å²) in [5, 5.41) is 73.4. The number of aliphatic hydroxyl groups excluding tert-OH is 4. The number of hydrogen-bond acceptors (Lipinski definition) is 17. The van der Waals surface area contributed by atoms with Crippen molar-refractivity contribution in [3.63, 3.8) is 0 Å². The van der Waals surface area contributed by atoms with Crippen LogP contribution in [0.1, 0.15) is 49.9 Å². The fourth-order valence-electron chi connectivity index (χ4n) is 7.55. The van der Waals surface area contributed by atoms with Gasteiger partial charge in [-0.2, -0.15) is 20.7 Å². The van der Waals surface area contributed by atoms with E-state index < -0.39 is 66.2 Å². The lowest BCUT2D eigenvalue weighted by Gasteiger charge is -2.26. The van der Waals surface area contributed by atoms with Crippen LogP contribution in [0.25, 0.3) is 11.0 Å². The van der Waals surface area contributed by atoms with E-state index in [0.29, 0.717) is 11.0 Å². The van der Waals surface area contributed by atoms with Crippen LogP contribution < -0.4 is 11.5 Å². The topological polar surface area (TPSA) is 295 Å². The fourth-order valence-corrected chi connectivity index (χ4v) is 7.55. The second kappa shape index (κ2) is 12.5. The fraction of sp³-hybridized carbons (Fsp3) is 0.545. The predicted molar refractivity (Wildman–Crippen MR) is 173 cm³/mol. The number of nitrogens with two attached hydrogens (primary N) is 2. The van der Waals surface area contributed by atoms with Gasteiger partial charge in [-0.05, 0) is 61.8 Å². The van der Waals surface area contributed by atoms with E-state index in [9.17, 15) is 35.7 Å². The quantitative estimate of drug-likeness (QED) is 0.116. The molecule has 0 bridgehead atoms. The summed E-state index contributed by atoms with van der Waals surface area (Å²) in [6.07, 6.45) is -5.91. The average molecular weight is 717 g/mol. The van der Waals surface area contributed by atoms with Gasteiger partial charge in [-0.1, -0.05) is 0 Å². The Hall–Kier alpha value is -5.15. The van der Waals surface area contributed by atoms with Crippen LogP contribution in [0.5, 0.6) is 0 Å². The number of carbonyl (C=O) groups is 1. The normalized spacial score (nSPS) is 32.7. The first-order valence-corrected chi connectivity index (χ1v) is 17.0. The molecule has 8 rings (SSSR count). The summed E-state index contributed by atoms with van der Waals surface area (Å²) in [5.41, 5.74) is 8.94. The van der Waals surface area contributed by atoms with Crippen LogP contribution in [-0.4, -0.2) is 105 Å². The highest BCUT2D eigenvalue weighted by Crippen LogP contribution is 2.46. The molecule has 52 heavy (non-hydrogen) atoms. The largest absolute Gasteiger partial charge is 0.508 e. The summed E-state index contributed by atoms with van der Waals surface area (Å²) in [6, 6.07) is 10.2. The minimum absolute atomic E-state index is 0.0450. The number of nitrogen functional groups attached to an aromatic ring is 2. The van der Waals surface area contributed by atoms with Gasteiger partial charge in [0.2, 0.25) is 11.2 Å². The summed E-state index contributed by atoms with van der Waals surface area (Å²) >= 11 is 0. The maximum Gasteiger partial charge on any atom is 0.508 e. The monoisotopic (exact) mass is 716 g/mol. The first-order valence-electron chi connectivity index (χ1n) is 17.0. The Morgan fingerprint density at radius 2 is 1.19 bits per heavy atom. The van der Waals surface area contributed by atoms with Crippen molar-refractivity contribution in [1.82, 2.24) is 29.2 Å². The molecule has 4 fully saturated rings. The first-order chi connectivity index (χ1) is 25.0. The standard InChI is InChI=1S/C33H36N10O9/c34-11-32(23-7-5-17-29(36)38-13-40-42(17)23)27(46)25(44)21(51-32)9-19(15-1-2-15)49-31(48)50-20(16-3-4-16)10-22-26(45)28(47)33(12-35,52-22)24-8-6-18-30(37)39-14-41-43(18)24/h5-8,13-16,19-22,25-28,44-47H,1-4,9-10H2,(H2,36,38,40)(H2,37,39,41)/t19?,20?,21-,22-,25-,26-,27-,28-,32+,33+/m1/s1. The van der Waals surface area contributed by atoms with E-state index in [1.807, 2.05) is 12.1 Å². The summed E-state index contributed by atoms with van der Waals surface area (Å²) in [7, 11) is 0. The Morgan fingerprint density at radius 1 is 0.788 bits per heavy atom. The van der Waals surface area contributed by atoms with E-state index >= 15 is 0 Å². The summed E-state index contributed by atoms with van der Waals surface area (Å²) in [6.45, 7) is 0. The van der Waals surface area contributed by atoms with Crippen molar-refractivity contribution in [2.45, 2.75) is 98.6 Å². The van der Waals surface area contributed by atoms with Crippen molar-refractivity contribution in [3.8, 4) is 12.1 Å². The van der Waals surface area contributed by atoms with E-state index in [1.54, 1.807) is 12.1 Å². The Bertz CT molecular complexity index is 1960. The molecule has 10 atom stereocenters. The number of carbonyl (C=O) groups excluding carboxylic acids is 1. The van der Waals surface area contributed by atoms with Crippen LogP contribution in [0.3, 0.4) is 0 Å². The zero-order chi connectivity index (χ0) is 36.5. The van der Waals surface area contributed by atoms with Crippen molar-refractivity contribution in [3.05, 3.63) is 48.3 Å². The van der Waals surface area contributed by atoms with Crippen molar-refractivity contribution in [2.24, 2.45) is 11.8 Å². The number of anilines is 2. The van der Waals surface area contributed by atoms with Crippen molar-refractivity contribution >= 4 is 28.8 Å². The van der Waals surface area contributed by atoms with Gasteiger partial charge in [0.25, 0.3) is 0 Å². The van der Waals surface area contributed by atoms with E-state index in [1.165, 1.54) is 33.8 Å². The molecule has 2 aliphatic carbocycles. The second-order valence-corrected chi connectivity index (χ2v) is 13.9. The molecule has 19 heteroatoms. The first kappa shape index (κ1) is 34.0. The van der Waals surface area contributed by atoms with Gasteiger partial charge in [0.15, 0.2) is 11.6 Å². The molecule has 8 N–H and O–H groups in total. The van der Waals surface area contributed by atoms with Crippen LogP contribution in [0.4, 0.5) is 16.4 Å². The molecular formula is C33H36N10O9. The molecule has 4 aromatic rings. The average Bonchev–Trinajstić information content (AvgIpc) is 4.05. The maximum absolute atomic E-state index is 13.4. The molecule has 0 amide bonds. The van der Waals surface area contributed by atoms with Crippen LogP contribution in [-0.2, 0) is 30.1 Å². The molecule has 0 spiro atoms. The molecule has 0 radical (unpaired) electrons. The highest BCUT2D eigenvalue weighted by Gasteiger charge is 2.60. The van der Waals surface area contributed by atoms with E-state index in [0.717, 1.165) is 25.7 Å². The third kappa shape index (κ3) is 5.36. The molecule has 4 aliphatic rings. The summed E-state index contributed by atoms with van der Waals surface area (Å²) < 4.78 is 26.5. The van der Waals surface area contributed by atoms with E-state index in [2.05, 4.69) is 20.2 Å². The molecule has 0 aromatic carbocycles. The van der Waals surface area contributed by atoms with Gasteiger partial charge >= 0.3 is 6.16 Å². The van der Waals surface area contributed by atoms with Crippen LogP contribution in [0, 0.1) is 34.5 Å². The lowest BCUT2D eigenvalue weighted by molar-refractivity contribution is -0.0837. The van der Waals surface area contributed by atoms with Crippen molar-refractivity contribution < 1.29 is 44.2 Å². The minimum atomic E-state index is -2.01. The maximum atomic E-state index is 13.4. The number of rotatable bonds is 10. The Labute approximate surface area is 294 Å². The molecule has 6 heterocycles. The zero-order valence-corrected chi connectivity index (χ0v) is 27.5. The smallest absolute Gasteiger partial charge is 0.431 e. The predicted octanol–water partition coefficient (Wildman–Crippen LogP) is -0.194. The Kier molecular flexibility index (Phi) is 8.17. The van der Waals surface area contributed by atoms with Gasteiger partial charge in [0.05, 0.1) is 23.6 Å². The van der Waals surface area contributed by atoms with Gasteiger partial charge in [-0.15, -0.1) is 0 Å². The third-order valence-corrected chi connectivity index (χ3v) is 10.7. The lowest BCUT2D eigenvalue weighted by atomic mass is 9.91. The Morgan fingerprint density at radius 3 is 1.56 bits per heavy atom. The van der Waals surface area contributed by atoms with Crippen molar-refractivity contribution in [1.29, 1.82) is 10.5 Å². The SMILES string of the molecule is N#C[C@@]1(c2ccc3c(N)ncnn23)O[C@H](CC(OC(=O)OC(C[C@H]2O[C@@](C#N)(c3ccc4c(N)ncnn34)[C@H](O)[C@@H]2O)C2CC2)C2CC2)[C@@H](O)[C@H]1O. The lowest BCUT2D eigenvalue weighted by Crippen LogP contribution is -2.41. The van der Waals surface area contributed by atoms with Crippen LogP contribution >= 0.6 is 0 Å². The van der Waals surface area contributed by atoms with Gasteiger partial charge < -0.3 is 50.8 Å². The number of nitrogens with zero attached hydrogens (tertiary/aromatic N) is 8. The number of aromatic nitrogens is 6. The minimum Gasteiger partial charge on any atom is -0.431 e. The Balaban J connectivity index is 0.962. The second-order valence-electron chi connectivity index (χ2n) is 13.9. The highest BCUT2D eigenvalue weighted by atomic mass is 16.7. The molecule has 2 unspecified atom stereocenters. The number of ether oxygens (including phenoxy) is 4. The molecule has 4 aromatic heterocycles. The third-order valence-electron chi connectivity index (χ3n) is 10.7. The zero-order valence-electron chi connectivity index (χ0n) is 27.5. The van der Waals surface area contributed by atoms with E-state index in [4.69, 9.17) is 30.4 Å². The number of hydrogen-bond donors (Lipinski definition) is 6. The highest BCUT2D eigenvalue weighted by molar-refractivity contribution is 5.67. The molecule has 2 saturated carbocycles. The van der Waals surface area contributed by atoms with Gasteiger partial charge in [0.1, 0.15) is 72.5 Å².